The summed E-state index contributed by atoms with van der Waals surface area (Å²) in [6.45, 7) is 2.34. The Kier molecular flexibility index (Phi) is 4.98. The summed E-state index contributed by atoms with van der Waals surface area (Å²) in [6, 6.07) is 8.21. The molecule has 0 radical (unpaired) electrons. The van der Waals surface area contributed by atoms with Crippen LogP contribution >= 0.6 is 11.6 Å². The Labute approximate surface area is 194 Å². The molecule has 12 heteroatoms. The third-order valence-electron chi connectivity index (χ3n) is 5.24. The molecule has 0 bridgehead atoms. The van der Waals surface area contributed by atoms with E-state index in [9.17, 15) is 23.2 Å². The summed E-state index contributed by atoms with van der Waals surface area (Å²) in [7, 11) is 0. The molecule has 0 saturated carbocycles. The van der Waals surface area contributed by atoms with Gasteiger partial charge in [-0.25, -0.2) is 4.98 Å². The van der Waals surface area contributed by atoms with Crippen LogP contribution in [0.1, 0.15) is 28.6 Å². The van der Waals surface area contributed by atoms with Gasteiger partial charge in [-0.15, -0.1) is 0 Å². The number of carbonyl (C=O) groups excluding carboxylic acids is 1. The van der Waals surface area contributed by atoms with E-state index in [0.29, 0.717) is 40.2 Å². The molecule has 0 fully saturated rings. The topological polar surface area (TPSA) is 113 Å². The van der Waals surface area contributed by atoms with Crippen molar-refractivity contribution in [2.45, 2.75) is 19.1 Å². The van der Waals surface area contributed by atoms with Gasteiger partial charge in [0.15, 0.2) is 0 Å². The van der Waals surface area contributed by atoms with Crippen LogP contribution in [0.15, 0.2) is 34.7 Å². The number of hydrogen-bond acceptors (Lipinski definition) is 7. The van der Waals surface area contributed by atoms with E-state index in [4.69, 9.17) is 20.8 Å². The summed E-state index contributed by atoms with van der Waals surface area (Å²) in [4.78, 5) is 20.5. The lowest BCUT2D eigenvalue weighted by molar-refractivity contribution is -0.137. The van der Waals surface area contributed by atoms with Gasteiger partial charge < -0.3 is 19.8 Å². The fourth-order valence-electron chi connectivity index (χ4n) is 3.76. The standard InChI is InChI=1S/C22H13ClF3N5O3/c1-9-8-28-18-17-10-2-5-16(30-13(10)3-4-14(17)33-19(18)20(32)29-9)34-21-11(7-27)12(22(24,25)26)6-15(23)31-21/h2-6,9,28H,8H2,1H3,(H,29,32)/t9-/m1/s1. The SMILES string of the molecule is C[C@@H]1CNc2c(oc3ccc4nc(Oc5nc(Cl)cc(C(F)(F)F)c5C#N)ccc4c23)C(=O)N1. The molecule has 0 spiro atoms. The number of benzene rings is 1. The predicted molar refractivity (Wildman–Crippen MR) is 116 cm³/mol. The highest BCUT2D eigenvalue weighted by atomic mass is 35.5. The van der Waals surface area contributed by atoms with Crippen molar-refractivity contribution in [1.29, 1.82) is 5.26 Å². The summed E-state index contributed by atoms with van der Waals surface area (Å²) in [5.74, 6) is -0.908. The molecule has 1 aliphatic rings. The second-order valence-corrected chi connectivity index (χ2v) is 7.99. The average Bonchev–Trinajstić information content (AvgIpc) is 3.09. The second kappa shape index (κ2) is 7.78. The first-order chi connectivity index (χ1) is 16.2. The quantitative estimate of drug-likeness (QED) is 0.371. The van der Waals surface area contributed by atoms with E-state index in [2.05, 4.69) is 20.6 Å². The number of amides is 1. The van der Waals surface area contributed by atoms with Crippen LogP contribution in [0.5, 0.6) is 11.8 Å². The molecule has 172 valence electrons. The van der Waals surface area contributed by atoms with Crippen molar-refractivity contribution in [3.8, 4) is 17.8 Å². The van der Waals surface area contributed by atoms with Gasteiger partial charge in [0.1, 0.15) is 22.4 Å². The highest BCUT2D eigenvalue weighted by Crippen LogP contribution is 2.40. The van der Waals surface area contributed by atoms with E-state index in [1.807, 2.05) is 6.92 Å². The minimum Gasteiger partial charge on any atom is -0.449 e. The maximum atomic E-state index is 13.3. The third-order valence-corrected chi connectivity index (χ3v) is 5.43. The summed E-state index contributed by atoms with van der Waals surface area (Å²) >= 11 is 5.73. The Hall–Kier alpha value is -4.04. The number of nitrogens with one attached hydrogen (secondary N) is 2. The van der Waals surface area contributed by atoms with Crippen LogP contribution in [0.25, 0.3) is 21.9 Å². The van der Waals surface area contributed by atoms with Crippen LogP contribution in [0, 0.1) is 11.3 Å². The molecule has 34 heavy (non-hydrogen) atoms. The largest absolute Gasteiger partial charge is 0.449 e. The fourth-order valence-corrected chi connectivity index (χ4v) is 3.95. The number of carbonyl (C=O) groups is 1. The molecular weight excluding hydrogens is 475 g/mol. The lowest BCUT2D eigenvalue weighted by Gasteiger charge is -2.13. The minimum atomic E-state index is -4.83. The molecule has 1 atom stereocenters. The van der Waals surface area contributed by atoms with E-state index >= 15 is 0 Å². The number of ether oxygens (including phenoxy) is 1. The summed E-state index contributed by atoms with van der Waals surface area (Å²) in [5.41, 5.74) is -0.658. The number of halogens is 4. The van der Waals surface area contributed by atoms with Crippen molar-refractivity contribution in [2.75, 3.05) is 11.9 Å². The third kappa shape index (κ3) is 3.62. The Morgan fingerprint density at radius 2 is 2.06 bits per heavy atom. The Bertz CT molecular complexity index is 1530. The zero-order valence-corrected chi connectivity index (χ0v) is 18.0. The number of alkyl halides is 3. The first kappa shape index (κ1) is 21.8. The Balaban J connectivity index is 1.61. The molecule has 5 rings (SSSR count). The van der Waals surface area contributed by atoms with Gasteiger partial charge in [-0.1, -0.05) is 11.6 Å². The number of aromatic nitrogens is 2. The normalized spacial score (nSPS) is 15.9. The summed E-state index contributed by atoms with van der Waals surface area (Å²) < 4.78 is 51.2. The fraction of sp³-hybridized carbons (Fsp3) is 0.182. The Morgan fingerprint density at radius 3 is 2.79 bits per heavy atom. The maximum absolute atomic E-state index is 13.3. The van der Waals surface area contributed by atoms with Gasteiger partial charge in [0, 0.05) is 24.0 Å². The van der Waals surface area contributed by atoms with Crippen LogP contribution in [-0.4, -0.2) is 28.5 Å². The van der Waals surface area contributed by atoms with Crippen LogP contribution in [0.2, 0.25) is 5.15 Å². The van der Waals surface area contributed by atoms with Gasteiger partial charge in [0.25, 0.3) is 5.91 Å². The predicted octanol–water partition coefficient (Wildman–Crippen LogP) is 5.26. The van der Waals surface area contributed by atoms with Crippen molar-refractivity contribution in [3.05, 3.63) is 52.4 Å². The monoisotopic (exact) mass is 487 g/mol. The second-order valence-electron chi connectivity index (χ2n) is 7.60. The lowest BCUT2D eigenvalue weighted by atomic mass is 10.1. The first-order valence-electron chi connectivity index (χ1n) is 9.92. The van der Waals surface area contributed by atoms with Crippen LogP contribution < -0.4 is 15.4 Å². The Morgan fingerprint density at radius 1 is 1.26 bits per heavy atom. The highest BCUT2D eigenvalue weighted by Gasteiger charge is 2.36. The highest BCUT2D eigenvalue weighted by molar-refractivity contribution is 6.29. The minimum absolute atomic E-state index is 0.0971. The molecule has 8 nitrogen and oxygen atoms in total. The zero-order valence-electron chi connectivity index (χ0n) is 17.2. The van der Waals surface area contributed by atoms with Crippen molar-refractivity contribution in [1.82, 2.24) is 15.3 Å². The van der Waals surface area contributed by atoms with Gasteiger partial charge >= 0.3 is 6.18 Å². The number of rotatable bonds is 2. The number of anilines is 1. The van der Waals surface area contributed by atoms with Crippen molar-refractivity contribution in [3.63, 3.8) is 0 Å². The van der Waals surface area contributed by atoms with Crippen LogP contribution in [-0.2, 0) is 6.18 Å². The molecule has 2 N–H and O–H groups in total. The van der Waals surface area contributed by atoms with Gasteiger partial charge in [0.2, 0.25) is 17.5 Å². The molecule has 0 saturated heterocycles. The van der Waals surface area contributed by atoms with E-state index < -0.39 is 28.3 Å². The molecule has 1 aliphatic heterocycles. The number of furan rings is 1. The smallest absolute Gasteiger partial charge is 0.417 e. The average molecular weight is 488 g/mol. The van der Waals surface area contributed by atoms with Crippen molar-refractivity contribution >= 4 is 45.1 Å². The number of nitrogens with zero attached hydrogens (tertiary/aromatic N) is 3. The molecule has 1 amide bonds. The molecular formula is C22H13ClF3N5O3. The molecule has 4 heterocycles. The van der Waals surface area contributed by atoms with Gasteiger partial charge in [-0.2, -0.15) is 23.4 Å². The van der Waals surface area contributed by atoms with Crippen LogP contribution in [0.3, 0.4) is 0 Å². The van der Waals surface area contributed by atoms with E-state index in [-0.39, 0.29) is 23.6 Å². The van der Waals surface area contributed by atoms with Gasteiger partial charge in [-0.05, 0) is 31.2 Å². The number of fused-ring (bicyclic) bond motifs is 5. The molecule has 3 aromatic heterocycles. The first-order valence-corrected chi connectivity index (χ1v) is 10.3. The number of pyridine rings is 2. The number of hydrogen-bond donors (Lipinski definition) is 2. The van der Waals surface area contributed by atoms with Gasteiger partial charge in [0.05, 0.1) is 22.2 Å². The molecule has 4 aromatic rings. The van der Waals surface area contributed by atoms with E-state index in [0.717, 1.165) is 0 Å². The van der Waals surface area contributed by atoms with Crippen molar-refractivity contribution < 1.29 is 27.1 Å². The maximum Gasteiger partial charge on any atom is 0.417 e. The summed E-state index contributed by atoms with van der Waals surface area (Å²) in [6.07, 6.45) is -4.83. The molecule has 1 aromatic carbocycles. The summed E-state index contributed by atoms with van der Waals surface area (Å²) in [5, 5.41) is 16.1. The molecule has 0 aliphatic carbocycles. The lowest BCUT2D eigenvalue weighted by Crippen LogP contribution is -2.34. The van der Waals surface area contributed by atoms with Crippen molar-refractivity contribution in [2.24, 2.45) is 0 Å². The number of nitriles is 1. The molecule has 0 unspecified atom stereocenters. The van der Waals surface area contributed by atoms with E-state index in [1.54, 1.807) is 18.2 Å². The zero-order chi connectivity index (χ0) is 24.2. The van der Waals surface area contributed by atoms with Crippen LogP contribution in [0.4, 0.5) is 18.9 Å². The van der Waals surface area contributed by atoms with Gasteiger partial charge in [-0.3, -0.25) is 4.79 Å². The van der Waals surface area contributed by atoms with E-state index in [1.165, 1.54) is 12.1 Å².